The van der Waals surface area contributed by atoms with Gasteiger partial charge in [0.1, 0.15) is 5.75 Å². The first-order valence-electron chi connectivity index (χ1n) is 6.77. The Balaban J connectivity index is 1.99. The van der Waals surface area contributed by atoms with E-state index in [0.29, 0.717) is 5.75 Å². The Bertz CT molecular complexity index is 628. The lowest BCUT2D eigenvalue weighted by Crippen LogP contribution is -2.30. The molecule has 0 aromatic heterocycles. The van der Waals surface area contributed by atoms with Crippen molar-refractivity contribution in [3.05, 3.63) is 54.1 Å². The highest BCUT2D eigenvalue weighted by Gasteiger charge is 2.15. The highest BCUT2D eigenvalue weighted by atomic mass is 32.2. The Hall–Kier alpha value is -1.94. The van der Waals surface area contributed by atoms with Gasteiger partial charge >= 0.3 is 0 Å². The van der Waals surface area contributed by atoms with E-state index in [1.807, 2.05) is 61.7 Å². The molecule has 0 aliphatic heterocycles. The maximum Gasteiger partial charge on any atom is 0.265 e. The Kier molecular flexibility index (Phi) is 5.28. The van der Waals surface area contributed by atoms with Crippen molar-refractivity contribution in [2.45, 2.75) is 24.8 Å². The number of nitrogens with one attached hydrogen (secondary N) is 1. The Labute approximate surface area is 129 Å². The van der Waals surface area contributed by atoms with Gasteiger partial charge in [-0.1, -0.05) is 18.2 Å². The number of amides is 1. The molecule has 0 bridgehead atoms. The predicted octanol–water partition coefficient (Wildman–Crippen LogP) is 4.12. The molecule has 0 aliphatic carbocycles. The third-order valence-corrected chi connectivity index (χ3v) is 3.73. The summed E-state index contributed by atoms with van der Waals surface area (Å²) < 4.78 is 5.67. The normalized spacial score (nSPS) is 11.8. The van der Waals surface area contributed by atoms with Crippen molar-refractivity contribution < 1.29 is 9.53 Å². The molecule has 1 amide bonds. The van der Waals surface area contributed by atoms with E-state index in [2.05, 4.69) is 5.32 Å². The van der Waals surface area contributed by atoms with Crippen LogP contribution in [-0.2, 0) is 4.79 Å². The van der Waals surface area contributed by atoms with Gasteiger partial charge in [-0.3, -0.25) is 4.79 Å². The predicted molar refractivity (Wildman–Crippen MR) is 88.1 cm³/mol. The molecule has 0 radical (unpaired) electrons. The number of hydrogen-bond acceptors (Lipinski definition) is 3. The van der Waals surface area contributed by atoms with Crippen molar-refractivity contribution in [1.82, 2.24) is 0 Å². The first-order valence-corrected chi connectivity index (χ1v) is 7.99. The maximum atomic E-state index is 12.2. The van der Waals surface area contributed by atoms with E-state index in [-0.39, 0.29) is 5.91 Å². The lowest BCUT2D eigenvalue weighted by atomic mass is 10.2. The molecular formula is C17H19NO2S. The first-order chi connectivity index (χ1) is 10.1. The van der Waals surface area contributed by atoms with Gasteiger partial charge in [-0.25, -0.2) is 0 Å². The summed E-state index contributed by atoms with van der Waals surface area (Å²) in [7, 11) is 0. The number of rotatable bonds is 5. The Morgan fingerprint density at radius 2 is 1.95 bits per heavy atom. The molecule has 0 aliphatic rings. The molecule has 0 fully saturated rings. The van der Waals surface area contributed by atoms with Crippen LogP contribution in [0.15, 0.2) is 53.4 Å². The van der Waals surface area contributed by atoms with Gasteiger partial charge in [-0.15, -0.1) is 11.8 Å². The SMILES string of the molecule is CSc1cccc(NC(=O)C(C)Oc2cccc(C)c2)c1. The molecule has 2 aromatic carbocycles. The third kappa shape index (κ3) is 4.53. The molecule has 110 valence electrons. The molecule has 0 saturated carbocycles. The summed E-state index contributed by atoms with van der Waals surface area (Å²) in [5, 5.41) is 2.87. The molecule has 2 aromatic rings. The summed E-state index contributed by atoms with van der Waals surface area (Å²) >= 11 is 1.64. The standard InChI is InChI=1S/C17H19NO2S/c1-12-6-4-8-15(10-12)20-13(2)17(19)18-14-7-5-9-16(11-14)21-3/h4-11,13H,1-3H3,(H,18,19). The zero-order chi connectivity index (χ0) is 15.2. The lowest BCUT2D eigenvalue weighted by molar-refractivity contribution is -0.122. The fraction of sp³-hybridized carbons (Fsp3) is 0.235. The van der Waals surface area contributed by atoms with Gasteiger partial charge in [-0.2, -0.15) is 0 Å². The molecule has 0 heterocycles. The Morgan fingerprint density at radius 1 is 1.19 bits per heavy atom. The molecule has 1 unspecified atom stereocenters. The van der Waals surface area contributed by atoms with Crippen LogP contribution in [0.5, 0.6) is 5.75 Å². The van der Waals surface area contributed by atoms with Crippen molar-refractivity contribution in [3.63, 3.8) is 0 Å². The molecular weight excluding hydrogens is 282 g/mol. The molecule has 1 atom stereocenters. The average Bonchev–Trinajstić information content (AvgIpc) is 2.47. The van der Waals surface area contributed by atoms with Gasteiger partial charge in [0, 0.05) is 10.6 Å². The van der Waals surface area contributed by atoms with Crippen molar-refractivity contribution >= 4 is 23.4 Å². The monoisotopic (exact) mass is 301 g/mol. The van der Waals surface area contributed by atoms with Gasteiger partial charge in [0.2, 0.25) is 0 Å². The zero-order valence-electron chi connectivity index (χ0n) is 12.4. The number of carbonyl (C=O) groups is 1. The largest absolute Gasteiger partial charge is 0.481 e. The number of anilines is 1. The van der Waals surface area contributed by atoms with Crippen LogP contribution < -0.4 is 10.1 Å². The number of thioether (sulfide) groups is 1. The van der Waals surface area contributed by atoms with E-state index < -0.39 is 6.10 Å². The highest BCUT2D eigenvalue weighted by molar-refractivity contribution is 7.98. The minimum atomic E-state index is -0.551. The minimum Gasteiger partial charge on any atom is -0.481 e. The smallest absolute Gasteiger partial charge is 0.265 e. The van der Waals surface area contributed by atoms with Crippen LogP contribution in [0, 0.1) is 6.92 Å². The van der Waals surface area contributed by atoms with E-state index >= 15 is 0 Å². The Morgan fingerprint density at radius 3 is 2.67 bits per heavy atom. The summed E-state index contributed by atoms with van der Waals surface area (Å²) in [6.45, 7) is 3.74. The second-order valence-electron chi connectivity index (χ2n) is 4.80. The summed E-state index contributed by atoms with van der Waals surface area (Å²) in [6, 6.07) is 15.4. The van der Waals surface area contributed by atoms with Gasteiger partial charge in [0.25, 0.3) is 5.91 Å². The summed E-state index contributed by atoms with van der Waals surface area (Å²) in [4.78, 5) is 13.3. The number of hydrogen-bond donors (Lipinski definition) is 1. The molecule has 0 spiro atoms. The highest BCUT2D eigenvalue weighted by Crippen LogP contribution is 2.20. The van der Waals surface area contributed by atoms with Gasteiger partial charge in [0.15, 0.2) is 6.10 Å². The second kappa shape index (κ2) is 7.18. The van der Waals surface area contributed by atoms with Crippen molar-refractivity contribution in [2.75, 3.05) is 11.6 Å². The fourth-order valence-corrected chi connectivity index (χ4v) is 2.35. The summed E-state index contributed by atoms with van der Waals surface area (Å²) in [5.41, 5.74) is 1.89. The minimum absolute atomic E-state index is 0.158. The van der Waals surface area contributed by atoms with Crippen LogP contribution in [-0.4, -0.2) is 18.3 Å². The van der Waals surface area contributed by atoms with Crippen LogP contribution in [0.25, 0.3) is 0 Å². The van der Waals surface area contributed by atoms with E-state index in [1.165, 1.54) is 0 Å². The van der Waals surface area contributed by atoms with Crippen LogP contribution >= 0.6 is 11.8 Å². The summed E-state index contributed by atoms with van der Waals surface area (Å²) in [5.74, 6) is 0.547. The van der Waals surface area contributed by atoms with Crippen molar-refractivity contribution in [1.29, 1.82) is 0 Å². The van der Waals surface area contributed by atoms with Crippen LogP contribution in [0.3, 0.4) is 0 Å². The zero-order valence-corrected chi connectivity index (χ0v) is 13.2. The quantitative estimate of drug-likeness (QED) is 0.844. The second-order valence-corrected chi connectivity index (χ2v) is 5.68. The topological polar surface area (TPSA) is 38.3 Å². The van der Waals surface area contributed by atoms with Crippen LogP contribution in [0.2, 0.25) is 0 Å². The van der Waals surface area contributed by atoms with E-state index in [4.69, 9.17) is 4.74 Å². The molecule has 1 N–H and O–H groups in total. The lowest BCUT2D eigenvalue weighted by Gasteiger charge is -2.15. The molecule has 3 nitrogen and oxygen atoms in total. The maximum absolute atomic E-state index is 12.2. The van der Waals surface area contributed by atoms with Crippen molar-refractivity contribution in [2.24, 2.45) is 0 Å². The fourth-order valence-electron chi connectivity index (χ4n) is 1.89. The number of aryl methyl sites for hydroxylation is 1. The van der Waals surface area contributed by atoms with E-state index in [9.17, 15) is 4.79 Å². The molecule has 2 rings (SSSR count). The van der Waals surface area contributed by atoms with E-state index in [0.717, 1.165) is 16.1 Å². The summed E-state index contributed by atoms with van der Waals surface area (Å²) in [6.07, 6.45) is 1.45. The third-order valence-electron chi connectivity index (χ3n) is 3.01. The van der Waals surface area contributed by atoms with E-state index in [1.54, 1.807) is 18.7 Å². The molecule has 0 saturated heterocycles. The number of benzene rings is 2. The van der Waals surface area contributed by atoms with Crippen LogP contribution in [0.1, 0.15) is 12.5 Å². The molecule has 4 heteroatoms. The van der Waals surface area contributed by atoms with Crippen LogP contribution in [0.4, 0.5) is 5.69 Å². The van der Waals surface area contributed by atoms with Gasteiger partial charge in [-0.05, 0) is 56.0 Å². The van der Waals surface area contributed by atoms with Crippen molar-refractivity contribution in [3.8, 4) is 5.75 Å². The number of ether oxygens (including phenoxy) is 1. The van der Waals surface area contributed by atoms with Gasteiger partial charge < -0.3 is 10.1 Å². The average molecular weight is 301 g/mol. The van der Waals surface area contributed by atoms with Gasteiger partial charge in [0.05, 0.1) is 0 Å². The molecule has 21 heavy (non-hydrogen) atoms. The first kappa shape index (κ1) is 15.4. The number of carbonyl (C=O) groups excluding carboxylic acids is 1.